The summed E-state index contributed by atoms with van der Waals surface area (Å²) in [5.74, 6) is -0.915. The molecule has 3 heterocycles. The molecule has 0 aliphatic carbocycles. The number of nitrogens with zero attached hydrogens (tertiary/aromatic N) is 4. The van der Waals surface area contributed by atoms with Crippen LogP contribution in [0, 0.1) is 12.7 Å². The van der Waals surface area contributed by atoms with E-state index in [-0.39, 0.29) is 24.4 Å². The van der Waals surface area contributed by atoms with Crippen molar-refractivity contribution in [3.05, 3.63) is 51.2 Å². The van der Waals surface area contributed by atoms with Crippen molar-refractivity contribution in [3.8, 4) is 11.3 Å². The number of cyclic esters (lactones) is 1. The Morgan fingerprint density at radius 2 is 2.03 bits per heavy atom. The zero-order valence-corrected chi connectivity index (χ0v) is 19.1. The lowest BCUT2D eigenvalue weighted by molar-refractivity contribution is 0.142. The van der Waals surface area contributed by atoms with Crippen LogP contribution in [0.1, 0.15) is 29.8 Å². The second kappa shape index (κ2) is 8.97. The van der Waals surface area contributed by atoms with Gasteiger partial charge < -0.3 is 15.2 Å². The molecule has 0 spiro atoms. The maximum absolute atomic E-state index is 14.5. The standard InChI is InChI=1S/C21H21ClFN5O3S/c1-10(19-26-17(12(3)32-19)13-4-6-14(22)7-5-13)25-20-24-8-15(23)18(27-20)28-16(11(2)29)9-31-21(28)30/h4-8,10-11,16,29H,9H2,1-3H3,(H,24,25,27)/t10-,11-,16-/m1/s1. The molecule has 11 heteroatoms. The van der Waals surface area contributed by atoms with Crippen molar-refractivity contribution in [3.63, 3.8) is 0 Å². The highest BCUT2D eigenvalue weighted by molar-refractivity contribution is 7.12. The van der Waals surface area contributed by atoms with E-state index in [2.05, 4.69) is 15.3 Å². The number of nitrogens with one attached hydrogen (secondary N) is 1. The average molecular weight is 478 g/mol. The maximum Gasteiger partial charge on any atom is 0.416 e. The van der Waals surface area contributed by atoms with Gasteiger partial charge in [0.05, 0.1) is 24.0 Å². The topological polar surface area (TPSA) is 100 Å². The van der Waals surface area contributed by atoms with E-state index in [1.165, 1.54) is 18.3 Å². The number of thiazole rings is 1. The van der Waals surface area contributed by atoms with E-state index in [4.69, 9.17) is 21.3 Å². The number of benzene rings is 1. The van der Waals surface area contributed by atoms with E-state index >= 15 is 0 Å². The fourth-order valence-electron chi connectivity index (χ4n) is 3.36. The van der Waals surface area contributed by atoms with Crippen LogP contribution in [0.4, 0.5) is 21.0 Å². The molecule has 1 amide bonds. The third-order valence-electron chi connectivity index (χ3n) is 5.06. The summed E-state index contributed by atoms with van der Waals surface area (Å²) in [6.07, 6.45) is -0.708. The molecule has 32 heavy (non-hydrogen) atoms. The third kappa shape index (κ3) is 4.38. The molecule has 0 saturated carbocycles. The van der Waals surface area contributed by atoms with Crippen LogP contribution < -0.4 is 10.2 Å². The number of carbonyl (C=O) groups excluding carboxylic acids is 1. The van der Waals surface area contributed by atoms with Crippen LogP contribution >= 0.6 is 22.9 Å². The molecule has 0 radical (unpaired) electrons. The molecule has 1 aliphatic rings. The summed E-state index contributed by atoms with van der Waals surface area (Å²) >= 11 is 7.50. The van der Waals surface area contributed by atoms with Gasteiger partial charge in [-0.1, -0.05) is 23.7 Å². The molecule has 3 aromatic rings. The molecule has 168 valence electrons. The summed E-state index contributed by atoms with van der Waals surface area (Å²) in [5, 5.41) is 14.5. The van der Waals surface area contributed by atoms with Gasteiger partial charge in [0.1, 0.15) is 17.7 Å². The van der Waals surface area contributed by atoms with E-state index in [1.807, 2.05) is 38.1 Å². The van der Waals surface area contributed by atoms with E-state index < -0.39 is 24.1 Å². The van der Waals surface area contributed by atoms with Gasteiger partial charge in [-0.05, 0) is 32.9 Å². The highest BCUT2D eigenvalue weighted by Gasteiger charge is 2.39. The zero-order chi connectivity index (χ0) is 23.0. The van der Waals surface area contributed by atoms with Gasteiger partial charge >= 0.3 is 6.09 Å². The molecule has 1 saturated heterocycles. The fourth-order valence-corrected chi connectivity index (χ4v) is 4.44. The number of aliphatic hydroxyl groups excluding tert-OH is 1. The monoisotopic (exact) mass is 477 g/mol. The Morgan fingerprint density at radius 1 is 1.31 bits per heavy atom. The minimum Gasteiger partial charge on any atom is -0.447 e. The molecule has 3 atom stereocenters. The number of hydrogen-bond donors (Lipinski definition) is 2. The number of hydrogen-bond acceptors (Lipinski definition) is 8. The molecule has 1 aliphatic heterocycles. The van der Waals surface area contributed by atoms with Crippen LogP contribution in [0.3, 0.4) is 0 Å². The molecule has 0 unspecified atom stereocenters. The predicted octanol–water partition coefficient (Wildman–Crippen LogP) is 4.58. The van der Waals surface area contributed by atoms with Crippen molar-refractivity contribution >= 4 is 40.8 Å². The van der Waals surface area contributed by atoms with E-state index in [0.717, 1.165) is 32.2 Å². The second-order valence-electron chi connectivity index (χ2n) is 7.45. The first-order valence-electron chi connectivity index (χ1n) is 9.91. The van der Waals surface area contributed by atoms with Crippen LogP contribution in [0.15, 0.2) is 30.5 Å². The number of aryl methyl sites for hydroxylation is 1. The molecular weight excluding hydrogens is 457 g/mol. The predicted molar refractivity (Wildman–Crippen MR) is 121 cm³/mol. The van der Waals surface area contributed by atoms with Gasteiger partial charge in [-0.3, -0.25) is 0 Å². The highest BCUT2D eigenvalue weighted by Crippen LogP contribution is 2.32. The van der Waals surface area contributed by atoms with Crippen LogP contribution in [0.25, 0.3) is 11.3 Å². The van der Waals surface area contributed by atoms with Gasteiger partial charge in [0.15, 0.2) is 11.6 Å². The Labute approximate surface area is 193 Å². The van der Waals surface area contributed by atoms with Crippen molar-refractivity contribution in [2.24, 2.45) is 0 Å². The number of carbonyl (C=O) groups is 1. The lowest BCUT2D eigenvalue weighted by atomic mass is 10.1. The first-order valence-corrected chi connectivity index (χ1v) is 11.1. The van der Waals surface area contributed by atoms with Crippen LogP contribution in [0.5, 0.6) is 0 Å². The molecule has 2 N–H and O–H groups in total. The Balaban J connectivity index is 1.57. The van der Waals surface area contributed by atoms with Crippen molar-refractivity contribution in [1.29, 1.82) is 0 Å². The second-order valence-corrected chi connectivity index (χ2v) is 9.12. The number of aliphatic hydroxyl groups is 1. The normalized spacial score (nSPS) is 17.9. The molecular formula is C21H21ClFN5O3S. The Morgan fingerprint density at radius 3 is 2.72 bits per heavy atom. The van der Waals surface area contributed by atoms with Gasteiger partial charge in [0, 0.05) is 15.5 Å². The van der Waals surface area contributed by atoms with E-state index in [1.54, 1.807) is 0 Å². The van der Waals surface area contributed by atoms with Gasteiger partial charge in [0.25, 0.3) is 0 Å². The summed E-state index contributed by atoms with van der Waals surface area (Å²) < 4.78 is 19.4. The Kier molecular flexibility index (Phi) is 6.27. The molecule has 0 bridgehead atoms. The smallest absolute Gasteiger partial charge is 0.416 e. The first kappa shape index (κ1) is 22.4. The number of aromatic nitrogens is 3. The summed E-state index contributed by atoms with van der Waals surface area (Å²) in [4.78, 5) is 27.1. The molecule has 1 aromatic carbocycles. The number of rotatable bonds is 6. The van der Waals surface area contributed by atoms with E-state index in [9.17, 15) is 14.3 Å². The number of amides is 1. The maximum atomic E-state index is 14.5. The molecule has 8 nitrogen and oxygen atoms in total. The van der Waals surface area contributed by atoms with Gasteiger partial charge in [0.2, 0.25) is 5.95 Å². The number of anilines is 2. The van der Waals surface area contributed by atoms with Gasteiger partial charge in [-0.15, -0.1) is 11.3 Å². The quantitative estimate of drug-likeness (QED) is 0.535. The summed E-state index contributed by atoms with van der Waals surface area (Å²) in [6, 6.07) is 6.44. The lowest BCUT2D eigenvalue weighted by Gasteiger charge is -2.23. The van der Waals surface area contributed by atoms with Gasteiger partial charge in [-0.2, -0.15) is 4.98 Å². The summed E-state index contributed by atoms with van der Waals surface area (Å²) in [5.41, 5.74) is 1.81. The van der Waals surface area contributed by atoms with E-state index in [0.29, 0.717) is 5.02 Å². The van der Waals surface area contributed by atoms with Crippen molar-refractivity contribution in [2.75, 3.05) is 16.8 Å². The SMILES string of the molecule is Cc1sc([C@@H](C)Nc2ncc(F)c(N3C(=O)OC[C@@H]3[C@@H](C)O)n2)nc1-c1ccc(Cl)cc1. The average Bonchev–Trinajstić information content (AvgIpc) is 3.33. The number of halogens is 2. The van der Waals surface area contributed by atoms with Crippen molar-refractivity contribution in [1.82, 2.24) is 15.0 Å². The summed E-state index contributed by atoms with van der Waals surface area (Å²) in [7, 11) is 0. The lowest BCUT2D eigenvalue weighted by Crippen LogP contribution is -2.42. The van der Waals surface area contributed by atoms with Crippen LogP contribution in [-0.2, 0) is 4.74 Å². The van der Waals surface area contributed by atoms with Crippen molar-refractivity contribution < 1.29 is 19.0 Å². The fraction of sp³-hybridized carbons (Fsp3) is 0.333. The third-order valence-corrected chi connectivity index (χ3v) is 6.47. The zero-order valence-electron chi connectivity index (χ0n) is 17.5. The first-order chi connectivity index (χ1) is 15.2. The minimum atomic E-state index is -0.921. The highest BCUT2D eigenvalue weighted by atomic mass is 35.5. The minimum absolute atomic E-state index is 0.0506. The van der Waals surface area contributed by atoms with Crippen LogP contribution in [0.2, 0.25) is 5.02 Å². The summed E-state index contributed by atoms with van der Waals surface area (Å²) in [6.45, 7) is 5.33. The Hall–Kier alpha value is -2.82. The van der Waals surface area contributed by atoms with Crippen molar-refractivity contribution in [2.45, 2.75) is 39.0 Å². The molecule has 1 fully saturated rings. The van der Waals surface area contributed by atoms with Crippen LogP contribution in [-0.4, -0.2) is 44.9 Å². The largest absolute Gasteiger partial charge is 0.447 e. The van der Waals surface area contributed by atoms with Gasteiger partial charge in [-0.25, -0.2) is 24.1 Å². The number of ether oxygens (including phenoxy) is 1. The Bertz CT molecular complexity index is 1140. The molecule has 4 rings (SSSR count). The molecule has 2 aromatic heterocycles.